The third-order valence-electron chi connectivity index (χ3n) is 5.58. The second-order valence-electron chi connectivity index (χ2n) is 7.21. The van der Waals surface area contributed by atoms with Gasteiger partial charge < -0.3 is 0 Å². The van der Waals surface area contributed by atoms with Gasteiger partial charge in [-0.2, -0.15) is 0 Å². The fourth-order valence-electron chi connectivity index (χ4n) is 3.90. The summed E-state index contributed by atoms with van der Waals surface area (Å²) in [5, 5.41) is 15.4. The third kappa shape index (κ3) is 3.50. The molecule has 0 bridgehead atoms. The van der Waals surface area contributed by atoms with Gasteiger partial charge in [0.1, 0.15) is 8.07 Å². The van der Waals surface area contributed by atoms with Crippen LogP contribution in [0, 0.1) is 10.1 Å². The van der Waals surface area contributed by atoms with Crippen molar-refractivity contribution in [3.05, 3.63) is 119 Å². The van der Waals surface area contributed by atoms with Gasteiger partial charge in [0.25, 0.3) is 5.69 Å². The van der Waals surface area contributed by atoms with Crippen molar-refractivity contribution in [3.63, 3.8) is 0 Å². The minimum absolute atomic E-state index is 0.131. The third-order valence-corrected chi connectivity index (χ3v) is 10.0. The van der Waals surface area contributed by atoms with Crippen LogP contribution in [-0.2, 0) is 0 Å². The van der Waals surface area contributed by atoms with E-state index < -0.39 is 8.07 Å². The molecule has 0 unspecified atom stereocenters. The van der Waals surface area contributed by atoms with Crippen LogP contribution in [0.4, 0.5) is 5.69 Å². The van der Waals surface area contributed by atoms with Crippen LogP contribution in [0.15, 0.2) is 109 Å². The molecule has 4 rings (SSSR count). The fraction of sp³-hybridized carbons (Fsp3) is 0.0400. The van der Waals surface area contributed by atoms with E-state index in [4.69, 9.17) is 0 Å². The van der Waals surface area contributed by atoms with Crippen LogP contribution < -0.4 is 15.6 Å². The van der Waals surface area contributed by atoms with Crippen molar-refractivity contribution < 1.29 is 4.92 Å². The zero-order valence-corrected chi connectivity index (χ0v) is 17.2. The molecule has 4 aromatic rings. The SMILES string of the molecule is C[Si](c1ccccc1)(c1ccccc1)c1ccc(-c2ccccc2[N+](=O)[O-])cc1. The zero-order valence-electron chi connectivity index (χ0n) is 16.2. The zero-order chi connectivity index (χ0) is 20.3. The maximum absolute atomic E-state index is 11.4. The molecule has 29 heavy (non-hydrogen) atoms. The predicted molar refractivity (Wildman–Crippen MR) is 122 cm³/mol. The van der Waals surface area contributed by atoms with Gasteiger partial charge in [-0.3, -0.25) is 10.1 Å². The van der Waals surface area contributed by atoms with Gasteiger partial charge in [0.15, 0.2) is 0 Å². The fourth-order valence-corrected chi connectivity index (χ4v) is 7.45. The summed E-state index contributed by atoms with van der Waals surface area (Å²) in [7, 11) is -2.17. The lowest BCUT2D eigenvalue weighted by atomic mass is 10.0. The molecule has 0 aromatic heterocycles. The summed E-state index contributed by atoms with van der Waals surface area (Å²) in [6, 6.07) is 36.4. The van der Waals surface area contributed by atoms with E-state index in [0.29, 0.717) is 5.56 Å². The van der Waals surface area contributed by atoms with Gasteiger partial charge in [-0.05, 0) is 27.2 Å². The van der Waals surface area contributed by atoms with E-state index in [0.717, 1.165) is 5.56 Å². The standard InChI is InChI=1S/C25H21NO2Si/c1-29(21-10-4-2-5-11-21,22-12-6-3-7-13-22)23-18-16-20(17-19-23)24-14-8-9-15-25(24)26(27)28/h2-19H,1H3. The Morgan fingerprint density at radius 3 is 1.59 bits per heavy atom. The van der Waals surface area contributed by atoms with Gasteiger partial charge in [-0.25, -0.2) is 0 Å². The lowest BCUT2D eigenvalue weighted by Crippen LogP contribution is -2.64. The summed E-state index contributed by atoms with van der Waals surface area (Å²) in [5.74, 6) is 0. The molecule has 0 saturated heterocycles. The van der Waals surface area contributed by atoms with Crippen LogP contribution >= 0.6 is 0 Å². The highest BCUT2D eigenvalue weighted by Crippen LogP contribution is 2.29. The topological polar surface area (TPSA) is 43.1 Å². The number of para-hydroxylation sites is 1. The maximum Gasteiger partial charge on any atom is 0.277 e. The van der Waals surface area contributed by atoms with Gasteiger partial charge in [0, 0.05) is 6.07 Å². The van der Waals surface area contributed by atoms with Crippen LogP contribution in [0.2, 0.25) is 6.55 Å². The first kappa shape index (κ1) is 18.8. The van der Waals surface area contributed by atoms with Crippen LogP contribution in [0.25, 0.3) is 11.1 Å². The van der Waals surface area contributed by atoms with Crippen LogP contribution in [0.3, 0.4) is 0 Å². The molecule has 0 radical (unpaired) electrons. The average molecular weight is 396 g/mol. The highest BCUT2D eigenvalue weighted by Gasteiger charge is 2.33. The van der Waals surface area contributed by atoms with Crippen molar-refractivity contribution in [2.75, 3.05) is 0 Å². The molecule has 4 aromatic carbocycles. The quantitative estimate of drug-likeness (QED) is 0.218. The van der Waals surface area contributed by atoms with Crippen molar-refractivity contribution in [1.29, 1.82) is 0 Å². The number of nitro groups is 1. The summed E-state index contributed by atoms with van der Waals surface area (Å²) in [6.45, 7) is 2.36. The lowest BCUT2D eigenvalue weighted by Gasteiger charge is -2.29. The number of benzene rings is 4. The first-order chi connectivity index (χ1) is 14.1. The molecule has 142 valence electrons. The molecule has 0 saturated carbocycles. The second kappa shape index (κ2) is 7.85. The summed E-state index contributed by atoms with van der Waals surface area (Å²) >= 11 is 0. The molecule has 0 heterocycles. The Hall–Kier alpha value is -3.50. The Labute approximate surface area is 171 Å². The highest BCUT2D eigenvalue weighted by molar-refractivity contribution is 7.10. The number of hydrogen-bond acceptors (Lipinski definition) is 2. The first-order valence-corrected chi connectivity index (χ1v) is 12.1. The summed E-state index contributed by atoms with van der Waals surface area (Å²) < 4.78 is 0. The van der Waals surface area contributed by atoms with Gasteiger partial charge >= 0.3 is 0 Å². The van der Waals surface area contributed by atoms with Crippen LogP contribution in [-0.4, -0.2) is 13.0 Å². The van der Waals surface area contributed by atoms with E-state index in [2.05, 4.69) is 67.2 Å². The number of rotatable bonds is 5. The van der Waals surface area contributed by atoms with Crippen LogP contribution in [0.5, 0.6) is 0 Å². The Morgan fingerprint density at radius 2 is 1.07 bits per heavy atom. The maximum atomic E-state index is 11.4. The number of nitro benzene ring substituents is 1. The minimum Gasteiger partial charge on any atom is -0.258 e. The minimum atomic E-state index is -2.17. The smallest absolute Gasteiger partial charge is 0.258 e. The molecule has 0 amide bonds. The average Bonchev–Trinajstić information content (AvgIpc) is 2.80. The summed E-state index contributed by atoms with van der Waals surface area (Å²) in [4.78, 5) is 11.1. The van der Waals surface area contributed by atoms with Crippen molar-refractivity contribution in [1.82, 2.24) is 0 Å². The molecule has 0 aliphatic carbocycles. The normalized spacial score (nSPS) is 11.2. The van der Waals surface area contributed by atoms with Crippen molar-refractivity contribution in [2.24, 2.45) is 0 Å². The molecule has 3 nitrogen and oxygen atoms in total. The van der Waals surface area contributed by atoms with E-state index in [-0.39, 0.29) is 10.6 Å². The highest BCUT2D eigenvalue weighted by atomic mass is 28.3. The first-order valence-electron chi connectivity index (χ1n) is 9.56. The van der Waals surface area contributed by atoms with E-state index >= 15 is 0 Å². The Balaban J connectivity index is 1.83. The van der Waals surface area contributed by atoms with Gasteiger partial charge in [-0.1, -0.05) is 104 Å². The molecule has 0 spiro atoms. The lowest BCUT2D eigenvalue weighted by molar-refractivity contribution is -0.384. The Kier molecular flexibility index (Phi) is 5.10. The van der Waals surface area contributed by atoms with E-state index in [1.54, 1.807) is 18.2 Å². The summed E-state index contributed by atoms with van der Waals surface area (Å²) in [6.07, 6.45) is 0. The van der Waals surface area contributed by atoms with Crippen molar-refractivity contribution in [3.8, 4) is 11.1 Å². The molecule has 0 aliphatic heterocycles. The van der Waals surface area contributed by atoms with E-state index in [9.17, 15) is 10.1 Å². The molecule has 0 aliphatic rings. The molecule has 0 atom stereocenters. The van der Waals surface area contributed by atoms with Gasteiger partial charge in [0.05, 0.1) is 10.5 Å². The van der Waals surface area contributed by atoms with E-state index in [1.807, 2.05) is 30.3 Å². The Morgan fingerprint density at radius 1 is 0.621 bits per heavy atom. The van der Waals surface area contributed by atoms with E-state index in [1.165, 1.54) is 15.6 Å². The van der Waals surface area contributed by atoms with Crippen LogP contribution in [0.1, 0.15) is 0 Å². The molecular formula is C25H21NO2Si. The predicted octanol–water partition coefficient (Wildman–Crippen LogP) is 4.36. The monoisotopic (exact) mass is 395 g/mol. The molecular weight excluding hydrogens is 374 g/mol. The molecule has 4 heteroatoms. The largest absolute Gasteiger partial charge is 0.277 e. The van der Waals surface area contributed by atoms with Crippen molar-refractivity contribution >= 4 is 29.3 Å². The number of hydrogen-bond donors (Lipinski definition) is 0. The second-order valence-corrected chi connectivity index (χ2v) is 11.2. The van der Waals surface area contributed by atoms with Gasteiger partial charge in [-0.15, -0.1) is 0 Å². The Bertz CT molecular complexity index is 1090. The van der Waals surface area contributed by atoms with Gasteiger partial charge in [0.2, 0.25) is 0 Å². The molecule has 0 fully saturated rings. The van der Waals surface area contributed by atoms with Crippen molar-refractivity contribution in [2.45, 2.75) is 6.55 Å². The molecule has 0 N–H and O–H groups in total. The summed E-state index contributed by atoms with van der Waals surface area (Å²) in [5.41, 5.74) is 1.64. The number of nitrogens with zero attached hydrogens (tertiary/aromatic N) is 1.